The molecule has 1 aliphatic heterocycles. The number of esters is 1. The summed E-state index contributed by atoms with van der Waals surface area (Å²) < 4.78 is 15.6. The van der Waals surface area contributed by atoms with Crippen LogP contribution in [0.25, 0.3) is 0 Å². The fourth-order valence-corrected chi connectivity index (χ4v) is 3.04. The van der Waals surface area contributed by atoms with Gasteiger partial charge in [0.15, 0.2) is 18.1 Å². The third-order valence-corrected chi connectivity index (χ3v) is 4.58. The lowest BCUT2D eigenvalue weighted by Crippen LogP contribution is -2.31. The van der Waals surface area contributed by atoms with Crippen molar-refractivity contribution >= 4 is 35.1 Å². The van der Waals surface area contributed by atoms with E-state index in [2.05, 4.69) is 5.32 Å². The molecular weight excluding hydrogens is 393 g/mol. The van der Waals surface area contributed by atoms with Gasteiger partial charge in [0.2, 0.25) is 6.79 Å². The molecule has 0 spiro atoms. The number of benzene rings is 2. The van der Waals surface area contributed by atoms with Gasteiger partial charge in [-0.25, -0.2) is 0 Å². The highest BCUT2D eigenvalue weighted by atomic mass is 35.5. The molecule has 142 valence electrons. The maximum absolute atomic E-state index is 12.0. The monoisotopic (exact) mass is 409 g/mol. The number of carbonyl (C=O) groups is 2. The topological polar surface area (TPSA) is 73.9 Å². The number of nitrogens with one attached hydrogen (secondary N) is 1. The van der Waals surface area contributed by atoms with E-state index in [1.807, 2.05) is 19.1 Å². The van der Waals surface area contributed by atoms with Crippen LogP contribution in [0.5, 0.6) is 11.5 Å². The molecule has 2 aromatic carbocycles. The van der Waals surface area contributed by atoms with Crippen molar-refractivity contribution in [1.29, 1.82) is 0 Å². The summed E-state index contributed by atoms with van der Waals surface area (Å²) in [4.78, 5) is 24.0. The van der Waals surface area contributed by atoms with Crippen molar-refractivity contribution in [3.05, 3.63) is 57.6 Å². The van der Waals surface area contributed by atoms with Crippen LogP contribution in [-0.4, -0.2) is 25.3 Å². The summed E-state index contributed by atoms with van der Waals surface area (Å²) in [7, 11) is 0. The van der Waals surface area contributed by atoms with Gasteiger partial charge >= 0.3 is 5.97 Å². The van der Waals surface area contributed by atoms with E-state index in [0.717, 1.165) is 5.56 Å². The molecule has 1 atom stereocenters. The summed E-state index contributed by atoms with van der Waals surface area (Å²) in [6.07, 6.45) is -0.0407. The highest BCUT2D eigenvalue weighted by Gasteiger charge is 2.17. The molecule has 27 heavy (non-hydrogen) atoms. The zero-order valence-electron chi connectivity index (χ0n) is 14.5. The molecule has 0 radical (unpaired) electrons. The third-order valence-electron chi connectivity index (χ3n) is 3.99. The van der Waals surface area contributed by atoms with Gasteiger partial charge in [-0.05, 0) is 42.3 Å². The number of halogens is 2. The molecule has 1 heterocycles. The first-order valence-corrected chi connectivity index (χ1v) is 8.96. The van der Waals surface area contributed by atoms with E-state index < -0.39 is 11.9 Å². The minimum atomic E-state index is -0.551. The first-order valence-electron chi connectivity index (χ1n) is 8.21. The average molecular weight is 410 g/mol. The van der Waals surface area contributed by atoms with Crippen molar-refractivity contribution < 1.29 is 23.8 Å². The Morgan fingerprint density at radius 2 is 1.93 bits per heavy atom. The van der Waals surface area contributed by atoms with Crippen molar-refractivity contribution in [3.8, 4) is 11.5 Å². The molecule has 1 N–H and O–H groups in total. The van der Waals surface area contributed by atoms with Gasteiger partial charge in [-0.3, -0.25) is 9.59 Å². The molecule has 0 saturated carbocycles. The highest BCUT2D eigenvalue weighted by Crippen LogP contribution is 2.34. The van der Waals surface area contributed by atoms with Crippen LogP contribution in [0.4, 0.5) is 0 Å². The third kappa shape index (κ3) is 5.05. The van der Waals surface area contributed by atoms with Crippen molar-refractivity contribution in [1.82, 2.24) is 5.32 Å². The zero-order chi connectivity index (χ0) is 19.4. The van der Waals surface area contributed by atoms with Gasteiger partial charge in [0, 0.05) is 10.0 Å². The van der Waals surface area contributed by atoms with Gasteiger partial charge in [0.1, 0.15) is 0 Å². The molecule has 0 unspecified atom stereocenters. The second-order valence-electron chi connectivity index (χ2n) is 5.98. The van der Waals surface area contributed by atoms with E-state index in [1.165, 1.54) is 0 Å². The Labute approximate surface area is 166 Å². The van der Waals surface area contributed by atoms with Crippen LogP contribution in [0.3, 0.4) is 0 Å². The van der Waals surface area contributed by atoms with E-state index in [4.69, 9.17) is 37.4 Å². The van der Waals surface area contributed by atoms with Crippen LogP contribution in [0.15, 0.2) is 36.4 Å². The van der Waals surface area contributed by atoms with E-state index in [1.54, 1.807) is 24.3 Å². The molecule has 2 aromatic rings. The Morgan fingerprint density at radius 1 is 1.15 bits per heavy atom. The number of fused-ring (bicyclic) bond motifs is 1. The fraction of sp³-hybridized carbons (Fsp3) is 0.263. The van der Waals surface area contributed by atoms with Gasteiger partial charge in [0.25, 0.3) is 5.91 Å². The van der Waals surface area contributed by atoms with Crippen molar-refractivity contribution in [2.45, 2.75) is 19.4 Å². The predicted molar refractivity (Wildman–Crippen MR) is 100 cm³/mol. The number of hydrogen-bond acceptors (Lipinski definition) is 5. The van der Waals surface area contributed by atoms with Crippen molar-refractivity contribution in [2.24, 2.45) is 0 Å². The highest BCUT2D eigenvalue weighted by molar-refractivity contribution is 6.35. The van der Waals surface area contributed by atoms with Crippen LogP contribution < -0.4 is 14.8 Å². The Hall–Kier alpha value is -2.44. The van der Waals surface area contributed by atoms with Gasteiger partial charge in [-0.1, -0.05) is 35.3 Å². The maximum atomic E-state index is 12.0. The molecule has 8 heteroatoms. The number of amides is 1. The van der Waals surface area contributed by atoms with E-state index in [0.29, 0.717) is 27.1 Å². The lowest BCUT2D eigenvalue weighted by Gasteiger charge is -2.15. The number of hydrogen-bond donors (Lipinski definition) is 1. The second kappa shape index (κ2) is 8.50. The van der Waals surface area contributed by atoms with Crippen molar-refractivity contribution in [2.75, 3.05) is 13.4 Å². The van der Waals surface area contributed by atoms with Gasteiger partial charge < -0.3 is 19.5 Å². The number of carbonyl (C=O) groups excluding carboxylic acids is 2. The number of ether oxygens (including phenoxy) is 3. The van der Waals surface area contributed by atoms with Crippen LogP contribution in [-0.2, 0) is 20.7 Å². The minimum absolute atomic E-state index is 0.0407. The molecule has 6 nitrogen and oxygen atoms in total. The normalized spacial score (nSPS) is 13.1. The molecule has 1 aliphatic rings. The molecule has 3 rings (SSSR count). The maximum Gasteiger partial charge on any atom is 0.310 e. The molecule has 0 aromatic heterocycles. The van der Waals surface area contributed by atoms with Crippen molar-refractivity contribution in [3.63, 3.8) is 0 Å². The largest absolute Gasteiger partial charge is 0.455 e. The van der Waals surface area contributed by atoms with Gasteiger partial charge in [0.05, 0.1) is 12.5 Å². The first kappa shape index (κ1) is 19.3. The Morgan fingerprint density at radius 3 is 2.70 bits per heavy atom. The smallest absolute Gasteiger partial charge is 0.310 e. The SMILES string of the molecule is C[C@H](NC(=O)COC(=O)Cc1ccc(Cl)cc1Cl)c1ccc2c(c1)OCO2. The molecule has 0 saturated heterocycles. The second-order valence-corrected chi connectivity index (χ2v) is 6.82. The quantitative estimate of drug-likeness (QED) is 0.736. The predicted octanol–water partition coefficient (Wildman–Crippen LogP) is 3.69. The van der Waals surface area contributed by atoms with Crippen LogP contribution in [0.2, 0.25) is 10.0 Å². The van der Waals surface area contributed by atoms with Gasteiger partial charge in [-0.15, -0.1) is 0 Å². The van der Waals surface area contributed by atoms with Gasteiger partial charge in [-0.2, -0.15) is 0 Å². The average Bonchev–Trinajstić information content (AvgIpc) is 3.10. The summed E-state index contributed by atoms with van der Waals surface area (Å²) in [6.45, 7) is 1.64. The summed E-state index contributed by atoms with van der Waals surface area (Å²) in [6, 6.07) is 9.98. The zero-order valence-corrected chi connectivity index (χ0v) is 16.0. The fourth-order valence-electron chi connectivity index (χ4n) is 2.57. The Bertz CT molecular complexity index is 871. The van der Waals surface area contributed by atoms with E-state index in [9.17, 15) is 9.59 Å². The van der Waals surface area contributed by atoms with E-state index in [-0.39, 0.29) is 25.9 Å². The molecule has 0 fully saturated rings. The summed E-state index contributed by atoms with van der Waals surface area (Å²) in [5.74, 6) is 0.354. The van der Waals surface area contributed by atoms with Crippen LogP contribution in [0, 0.1) is 0 Å². The van der Waals surface area contributed by atoms with Crippen LogP contribution >= 0.6 is 23.2 Å². The molecular formula is C19H17Cl2NO5. The Kier molecular flexibility index (Phi) is 6.08. The standard InChI is InChI=1S/C19H17Cl2NO5/c1-11(12-3-5-16-17(6-12)27-10-26-16)22-18(23)9-25-19(24)7-13-2-4-14(20)8-15(13)21/h2-6,8,11H,7,9-10H2,1H3,(H,22,23)/t11-/m0/s1. The van der Waals surface area contributed by atoms with Crippen LogP contribution in [0.1, 0.15) is 24.1 Å². The summed E-state index contributed by atoms with van der Waals surface area (Å²) in [5.41, 5.74) is 1.44. The lowest BCUT2D eigenvalue weighted by molar-refractivity contribution is -0.148. The summed E-state index contributed by atoms with van der Waals surface area (Å²) >= 11 is 11.8. The molecule has 0 aliphatic carbocycles. The summed E-state index contributed by atoms with van der Waals surface area (Å²) in [5, 5.41) is 3.63. The lowest BCUT2D eigenvalue weighted by atomic mass is 10.1. The minimum Gasteiger partial charge on any atom is -0.455 e. The molecule has 1 amide bonds. The first-order chi connectivity index (χ1) is 12.9. The Balaban J connectivity index is 1.48. The molecule has 0 bridgehead atoms. The van der Waals surface area contributed by atoms with E-state index >= 15 is 0 Å². The number of rotatable bonds is 6.